The number of nitrogens with one attached hydrogen (secondary N) is 1. The van der Waals surface area contributed by atoms with E-state index in [9.17, 15) is 13.6 Å². The Hall–Kier alpha value is -5.46. The van der Waals surface area contributed by atoms with E-state index in [1.54, 1.807) is 11.1 Å². The Labute approximate surface area is 256 Å². The molecular weight excluding hydrogens is 578 g/mol. The summed E-state index contributed by atoms with van der Waals surface area (Å²) in [6.45, 7) is 1.69. The average Bonchev–Trinajstić information content (AvgIpc) is 3.78. The second-order valence-electron chi connectivity index (χ2n) is 11.5. The number of nitrogens with zero attached hydrogens (tertiary/aromatic N) is 9. The molecule has 226 valence electrons. The number of hydrogen-bond donors (Lipinski definition) is 1. The Morgan fingerprint density at radius 2 is 1.87 bits per heavy atom. The summed E-state index contributed by atoms with van der Waals surface area (Å²) in [7, 11) is 1.82. The first-order valence-corrected chi connectivity index (χ1v) is 14.8. The maximum atomic E-state index is 14.7. The van der Waals surface area contributed by atoms with Crippen molar-refractivity contribution >= 4 is 34.1 Å². The molecule has 11 nitrogen and oxygen atoms in total. The van der Waals surface area contributed by atoms with Crippen molar-refractivity contribution in [1.29, 1.82) is 0 Å². The molecule has 1 amide bonds. The third kappa shape index (κ3) is 4.62. The summed E-state index contributed by atoms with van der Waals surface area (Å²) in [6, 6.07) is 14.6. The van der Waals surface area contributed by atoms with Crippen molar-refractivity contribution in [3.8, 4) is 22.6 Å². The molecule has 2 aliphatic heterocycles. The van der Waals surface area contributed by atoms with Gasteiger partial charge >= 0.3 is 0 Å². The lowest BCUT2D eigenvalue weighted by atomic mass is 10.1. The largest absolute Gasteiger partial charge is 0.365 e. The van der Waals surface area contributed by atoms with Crippen LogP contribution in [0.1, 0.15) is 12.8 Å². The molecule has 0 radical (unpaired) electrons. The number of para-hydroxylation sites is 1. The molecule has 0 aliphatic carbocycles. The van der Waals surface area contributed by atoms with Crippen LogP contribution in [0.15, 0.2) is 73.4 Å². The van der Waals surface area contributed by atoms with Gasteiger partial charge in [-0.05, 0) is 43.2 Å². The zero-order valence-electron chi connectivity index (χ0n) is 24.3. The molecule has 2 aliphatic rings. The quantitative estimate of drug-likeness (QED) is 0.309. The molecule has 6 heterocycles. The highest BCUT2D eigenvalue weighted by Gasteiger charge is 2.40. The molecule has 4 aromatic heterocycles. The van der Waals surface area contributed by atoms with Crippen LogP contribution in [-0.2, 0) is 11.3 Å². The van der Waals surface area contributed by atoms with E-state index >= 15 is 0 Å². The number of aromatic nitrogens is 7. The van der Waals surface area contributed by atoms with Crippen LogP contribution in [-0.4, -0.2) is 77.1 Å². The van der Waals surface area contributed by atoms with Crippen molar-refractivity contribution in [2.24, 2.45) is 0 Å². The van der Waals surface area contributed by atoms with Crippen molar-refractivity contribution in [3.05, 3.63) is 85.1 Å². The Morgan fingerprint density at radius 1 is 0.978 bits per heavy atom. The van der Waals surface area contributed by atoms with E-state index in [2.05, 4.69) is 36.0 Å². The highest BCUT2D eigenvalue weighted by Crippen LogP contribution is 2.33. The van der Waals surface area contributed by atoms with Crippen LogP contribution in [0.5, 0.6) is 0 Å². The summed E-state index contributed by atoms with van der Waals surface area (Å²) < 4.78 is 32.0. The van der Waals surface area contributed by atoms with Gasteiger partial charge < -0.3 is 19.7 Å². The Kier molecular flexibility index (Phi) is 6.39. The molecule has 1 fully saturated rings. The SMILES string of the molecule is CN1CCCn2cnc3cccc(c32)-c2cccc(n2)N[C@H]2C[C@@H](C1=O)N(c1ncnn3c(-c4ccc(F)cc4F)ncc13)C2. The minimum Gasteiger partial charge on any atom is -0.365 e. The number of hydrogen-bond acceptors (Lipinski definition) is 8. The smallest absolute Gasteiger partial charge is 0.245 e. The molecule has 45 heavy (non-hydrogen) atoms. The number of imidazole rings is 2. The van der Waals surface area contributed by atoms with Gasteiger partial charge in [0.1, 0.15) is 35.3 Å². The van der Waals surface area contributed by atoms with Crippen LogP contribution in [0.4, 0.5) is 20.4 Å². The summed E-state index contributed by atoms with van der Waals surface area (Å²) >= 11 is 0. The van der Waals surface area contributed by atoms with Crippen LogP contribution in [0, 0.1) is 11.6 Å². The molecule has 2 atom stereocenters. The number of aryl methyl sites for hydroxylation is 1. The summed E-state index contributed by atoms with van der Waals surface area (Å²) in [5, 5.41) is 7.89. The number of anilines is 2. The Morgan fingerprint density at radius 3 is 2.76 bits per heavy atom. The highest BCUT2D eigenvalue weighted by atomic mass is 19.1. The topological polar surface area (TPSA) is 109 Å². The van der Waals surface area contributed by atoms with E-state index < -0.39 is 17.7 Å². The maximum absolute atomic E-state index is 14.7. The van der Waals surface area contributed by atoms with Crippen molar-refractivity contribution in [2.75, 3.05) is 30.4 Å². The van der Waals surface area contributed by atoms with Gasteiger partial charge in [0.2, 0.25) is 5.91 Å². The molecule has 0 saturated carbocycles. The second kappa shape index (κ2) is 10.6. The van der Waals surface area contributed by atoms with Gasteiger partial charge in [-0.25, -0.2) is 33.2 Å². The first-order chi connectivity index (χ1) is 21.9. The molecule has 1 N–H and O–H groups in total. The first kappa shape index (κ1) is 27.1. The van der Waals surface area contributed by atoms with Crippen LogP contribution >= 0.6 is 0 Å². The van der Waals surface area contributed by atoms with E-state index in [-0.39, 0.29) is 23.3 Å². The minimum absolute atomic E-state index is 0.0341. The first-order valence-electron chi connectivity index (χ1n) is 14.8. The predicted octanol–water partition coefficient (Wildman–Crippen LogP) is 4.40. The number of likely N-dealkylation sites (N-methyl/N-ethyl adjacent to an activating group) is 1. The maximum Gasteiger partial charge on any atom is 0.245 e. The summed E-state index contributed by atoms with van der Waals surface area (Å²) in [5.41, 5.74) is 4.37. The fourth-order valence-corrected chi connectivity index (χ4v) is 6.52. The van der Waals surface area contributed by atoms with Gasteiger partial charge in [-0.1, -0.05) is 18.2 Å². The van der Waals surface area contributed by atoms with E-state index in [4.69, 9.17) is 4.98 Å². The van der Waals surface area contributed by atoms with Gasteiger partial charge in [0.25, 0.3) is 0 Å². The van der Waals surface area contributed by atoms with Gasteiger partial charge in [-0.15, -0.1) is 0 Å². The van der Waals surface area contributed by atoms with E-state index in [1.807, 2.05) is 48.6 Å². The van der Waals surface area contributed by atoms with Gasteiger partial charge in [0.15, 0.2) is 11.6 Å². The Balaban J connectivity index is 1.19. The summed E-state index contributed by atoms with van der Waals surface area (Å²) in [4.78, 5) is 36.4. The number of halogens is 2. The minimum atomic E-state index is -0.746. The normalized spacial score (nSPS) is 18.7. The summed E-state index contributed by atoms with van der Waals surface area (Å²) in [5.74, 6) is -0.0488. The highest BCUT2D eigenvalue weighted by molar-refractivity contribution is 5.91. The average molecular weight is 607 g/mol. The Bertz CT molecular complexity index is 2090. The number of carbonyl (C=O) groups excluding carboxylic acids is 1. The molecular formula is C32H28F2N10O. The van der Waals surface area contributed by atoms with Crippen molar-refractivity contribution in [2.45, 2.75) is 31.5 Å². The predicted molar refractivity (Wildman–Crippen MR) is 165 cm³/mol. The lowest BCUT2D eigenvalue weighted by Gasteiger charge is -2.28. The lowest BCUT2D eigenvalue weighted by molar-refractivity contribution is -0.131. The fraction of sp³-hybridized carbons (Fsp3) is 0.250. The number of pyridine rings is 1. The van der Waals surface area contributed by atoms with Crippen LogP contribution in [0.25, 0.3) is 39.2 Å². The molecule has 13 heteroatoms. The van der Waals surface area contributed by atoms with E-state index in [0.29, 0.717) is 43.2 Å². The summed E-state index contributed by atoms with van der Waals surface area (Å²) in [6.07, 6.45) is 6.01. The van der Waals surface area contributed by atoms with E-state index in [1.165, 1.54) is 23.0 Å². The lowest BCUT2D eigenvalue weighted by Crippen LogP contribution is -2.45. The van der Waals surface area contributed by atoms with Gasteiger partial charge in [-0.2, -0.15) is 5.10 Å². The molecule has 8 rings (SSSR count). The van der Waals surface area contributed by atoms with Crippen molar-refractivity contribution < 1.29 is 13.6 Å². The molecule has 4 bridgehead atoms. The van der Waals surface area contributed by atoms with Crippen molar-refractivity contribution in [1.82, 2.24) is 39.0 Å². The van der Waals surface area contributed by atoms with Crippen LogP contribution in [0.2, 0.25) is 0 Å². The number of benzene rings is 2. The van der Waals surface area contributed by atoms with Crippen LogP contribution < -0.4 is 10.2 Å². The third-order valence-corrected chi connectivity index (χ3v) is 8.63. The van der Waals surface area contributed by atoms with Crippen LogP contribution in [0.3, 0.4) is 0 Å². The number of rotatable bonds is 2. The number of fused-ring (bicyclic) bond motifs is 6. The van der Waals surface area contributed by atoms with Gasteiger partial charge in [0, 0.05) is 44.4 Å². The van der Waals surface area contributed by atoms with Gasteiger partial charge in [-0.3, -0.25) is 4.79 Å². The zero-order chi connectivity index (χ0) is 30.7. The van der Waals surface area contributed by atoms with Crippen molar-refractivity contribution in [3.63, 3.8) is 0 Å². The molecule has 6 aromatic rings. The fourth-order valence-electron chi connectivity index (χ4n) is 6.52. The number of carbonyl (C=O) groups is 1. The zero-order valence-corrected chi connectivity index (χ0v) is 24.3. The van der Waals surface area contributed by atoms with Gasteiger partial charge in [0.05, 0.1) is 34.8 Å². The molecule has 1 saturated heterocycles. The molecule has 2 aromatic carbocycles. The second-order valence-corrected chi connectivity index (χ2v) is 11.5. The van der Waals surface area contributed by atoms with E-state index in [0.717, 1.165) is 34.8 Å². The monoisotopic (exact) mass is 606 g/mol. The molecule has 0 unspecified atom stereocenters. The standard InChI is InChI=1S/C32H28F2N10O/c1-41-11-4-12-42-18-37-25-7-2-5-22(29(25)42)24-6-3-8-28(40-24)39-20-14-26(32(41)45)43(16-20)31-27-15-35-30(44(27)38-17-36-31)21-10-9-19(33)13-23(21)34/h2-3,5-10,13,15,17-18,20,26H,4,11-12,14,16H2,1H3,(H,39,40)/t20-,26-/m0/s1. The third-order valence-electron chi connectivity index (χ3n) is 8.63. The number of amides is 1. The molecule has 0 spiro atoms.